The molecule has 2 rings (SSSR count). The van der Waals surface area contributed by atoms with E-state index in [1.165, 1.54) is 12.0 Å². The molecule has 0 radical (unpaired) electrons. The highest BCUT2D eigenvalue weighted by Crippen LogP contribution is 2.27. The van der Waals surface area contributed by atoms with Crippen molar-refractivity contribution in [3.8, 4) is 0 Å². The van der Waals surface area contributed by atoms with Crippen molar-refractivity contribution in [1.82, 2.24) is 4.90 Å². The van der Waals surface area contributed by atoms with Gasteiger partial charge in [-0.2, -0.15) is 0 Å². The van der Waals surface area contributed by atoms with Gasteiger partial charge in [-0.1, -0.05) is 24.3 Å². The van der Waals surface area contributed by atoms with E-state index >= 15 is 0 Å². The lowest BCUT2D eigenvalue weighted by molar-refractivity contribution is -0.138. The first-order chi connectivity index (χ1) is 8.08. The summed E-state index contributed by atoms with van der Waals surface area (Å²) in [7, 11) is 2.14. The zero-order valence-electron chi connectivity index (χ0n) is 10.4. The van der Waals surface area contributed by atoms with Crippen molar-refractivity contribution in [2.75, 3.05) is 20.1 Å². The van der Waals surface area contributed by atoms with Crippen LogP contribution in [0.1, 0.15) is 36.3 Å². The maximum Gasteiger partial charge on any atom is 0.310 e. The van der Waals surface area contributed by atoms with E-state index in [0.717, 1.165) is 18.7 Å². The van der Waals surface area contributed by atoms with Crippen LogP contribution in [-0.2, 0) is 4.79 Å². The molecule has 0 bridgehead atoms. The lowest BCUT2D eigenvalue weighted by atomic mass is 9.94. The maximum atomic E-state index is 10.9. The Morgan fingerprint density at radius 2 is 2.06 bits per heavy atom. The van der Waals surface area contributed by atoms with Gasteiger partial charge in [-0.3, -0.25) is 4.79 Å². The van der Waals surface area contributed by atoms with Crippen molar-refractivity contribution < 1.29 is 9.90 Å². The standard InChI is InChI=1S/C14H19NO2/c1-10(14(16)17)11-3-5-12(6-4-11)13-7-8-15(2)9-13/h3-6,10,13H,7-9H2,1-2H3,(H,16,17). The first-order valence-electron chi connectivity index (χ1n) is 6.09. The molecule has 2 unspecified atom stereocenters. The number of benzene rings is 1. The van der Waals surface area contributed by atoms with Crippen molar-refractivity contribution in [2.24, 2.45) is 0 Å². The van der Waals surface area contributed by atoms with Gasteiger partial charge in [0.15, 0.2) is 0 Å². The van der Waals surface area contributed by atoms with Gasteiger partial charge in [0.05, 0.1) is 5.92 Å². The Balaban J connectivity index is 2.10. The van der Waals surface area contributed by atoms with E-state index < -0.39 is 11.9 Å². The monoisotopic (exact) mass is 233 g/mol. The SMILES string of the molecule is CC(C(=O)O)c1ccc(C2CCN(C)C2)cc1. The highest BCUT2D eigenvalue weighted by Gasteiger charge is 2.21. The zero-order valence-corrected chi connectivity index (χ0v) is 10.4. The molecule has 0 aromatic heterocycles. The molecule has 1 aliphatic heterocycles. The smallest absolute Gasteiger partial charge is 0.310 e. The van der Waals surface area contributed by atoms with Crippen LogP contribution in [0.5, 0.6) is 0 Å². The molecule has 0 amide bonds. The van der Waals surface area contributed by atoms with E-state index in [1.807, 2.05) is 12.1 Å². The molecule has 1 N–H and O–H groups in total. The minimum Gasteiger partial charge on any atom is -0.481 e. The lowest BCUT2D eigenvalue weighted by Crippen LogP contribution is -2.13. The molecule has 0 aliphatic carbocycles. The average molecular weight is 233 g/mol. The number of aliphatic carboxylic acids is 1. The number of carboxylic acid groups (broad SMARTS) is 1. The summed E-state index contributed by atoms with van der Waals surface area (Å²) in [6.07, 6.45) is 1.20. The molecule has 0 spiro atoms. The quantitative estimate of drug-likeness (QED) is 0.870. The Morgan fingerprint density at radius 3 is 2.53 bits per heavy atom. The van der Waals surface area contributed by atoms with Gasteiger partial charge in [-0.25, -0.2) is 0 Å². The highest BCUT2D eigenvalue weighted by molar-refractivity contribution is 5.75. The van der Waals surface area contributed by atoms with E-state index in [-0.39, 0.29) is 0 Å². The number of carbonyl (C=O) groups is 1. The van der Waals surface area contributed by atoms with Crippen molar-refractivity contribution in [3.63, 3.8) is 0 Å². The zero-order chi connectivity index (χ0) is 12.4. The summed E-state index contributed by atoms with van der Waals surface area (Å²) in [5, 5.41) is 8.94. The van der Waals surface area contributed by atoms with E-state index in [1.54, 1.807) is 6.92 Å². The average Bonchev–Trinajstić information content (AvgIpc) is 2.75. The lowest BCUT2D eigenvalue weighted by Gasteiger charge is -2.12. The van der Waals surface area contributed by atoms with Crippen LogP contribution in [0.25, 0.3) is 0 Å². The third-order valence-electron chi connectivity index (χ3n) is 3.67. The third kappa shape index (κ3) is 2.67. The highest BCUT2D eigenvalue weighted by atomic mass is 16.4. The van der Waals surface area contributed by atoms with Crippen LogP contribution >= 0.6 is 0 Å². The molecule has 92 valence electrons. The predicted molar refractivity (Wildman–Crippen MR) is 67.3 cm³/mol. The molecule has 1 heterocycles. The fourth-order valence-corrected chi connectivity index (χ4v) is 2.41. The predicted octanol–water partition coefficient (Wildman–Crippen LogP) is 2.29. The van der Waals surface area contributed by atoms with Gasteiger partial charge in [-0.05, 0) is 44.0 Å². The van der Waals surface area contributed by atoms with E-state index in [4.69, 9.17) is 5.11 Å². The van der Waals surface area contributed by atoms with Crippen molar-refractivity contribution in [2.45, 2.75) is 25.2 Å². The summed E-state index contributed by atoms with van der Waals surface area (Å²) in [6.45, 7) is 3.98. The van der Waals surface area contributed by atoms with Crippen molar-refractivity contribution in [1.29, 1.82) is 0 Å². The Bertz CT molecular complexity index is 399. The summed E-state index contributed by atoms with van der Waals surface area (Å²) in [6, 6.07) is 8.07. The molecule has 1 aliphatic rings. The maximum absolute atomic E-state index is 10.9. The number of carboxylic acids is 1. The fourth-order valence-electron chi connectivity index (χ4n) is 2.41. The number of likely N-dealkylation sites (tertiary alicyclic amines) is 1. The van der Waals surface area contributed by atoms with Gasteiger partial charge in [0, 0.05) is 6.54 Å². The van der Waals surface area contributed by atoms with Gasteiger partial charge in [0.1, 0.15) is 0 Å². The second kappa shape index (κ2) is 4.88. The van der Waals surface area contributed by atoms with Crippen molar-refractivity contribution >= 4 is 5.97 Å². The molecule has 1 aromatic carbocycles. The molecule has 1 saturated heterocycles. The molecule has 1 aromatic rings. The number of rotatable bonds is 3. The van der Waals surface area contributed by atoms with Gasteiger partial charge >= 0.3 is 5.97 Å². The van der Waals surface area contributed by atoms with Crippen LogP contribution in [0, 0.1) is 0 Å². The number of hydrogen-bond acceptors (Lipinski definition) is 2. The van der Waals surface area contributed by atoms with E-state index in [0.29, 0.717) is 5.92 Å². The molecule has 1 fully saturated rings. The second-order valence-corrected chi connectivity index (χ2v) is 4.97. The molecule has 3 heteroatoms. The molecular formula is C14H19NO2. The Hall–Kier alpha value is -1.35. The minimum absolute atomic E-state index is 0.421. The number of likely N-dealkylation sites (N-methyl/N-ethyl adjacent to an activating group) is 1. The summed E-state index contributed by atoms with van der Waals surface area (Å²) in [4.78, 5) is 13.2. The normalized spacial score (nSPS) is 22.6. The topological polar surface area (TPSA) is 40.5 Å². The summed E-state index contributed by atoms with van der Waals surface area (Å²) in [5.41, 5.74) is 2.21. The number of hydrogen-bond donors (Lipinski definition) is 1. The van der Waals surface area contributed by atoms with Gasteiger partial charge in [0.25, 0.3) is 0 Å². The Morgan fingerprint density at radius 1 is 1.41 bits per heavy atom. The second-order valence-electron chi connectivity index (χ2n) is 4.97. The molecule has 17 heavy (non-hydrogen) atoms. The Kier molecular flexibility index (Phi) is 3.48. The van der Waals surface area contributed by atoms with Gasteiger partial charge in [-0.15, -0.1) is 0 Å². The largest absolute Gasteiger partial charge is 0.481 e. The van der Waals surface area contributed by atoms with Gasteiger partial charge in [0.2, 0.25) is 0 Å². The van der Waals surface area contributed by atoms with E-state index in [2.05, 4.69) is 24.1 Å². The molecule has 3 nitrogen and oxygen atoms in total. The van der Waals surface area contributed by atoms with Crippen molar-refractivity contribution in [3.05, 3.63) is 35.4 Å². The fraction of sp³-hybridized carbons (Fsp3) is 0.500. The van der Waals surface area contributed by atoms with Crippen LogP contribution < -0.4 is 0 Å². The van der Waals surface area contributed by atoms with Gasteiger partial charge < -0.3 is 10.0 Å². The molecule has 0 saturated carbocycles. The summed E-state index contributed by atoms with van der Waals surface area (Å²) < 4.78 is 0. The van der Waals surface area contributed by atoms with Crippen LogP contribution in [0.2, 0.25) is 0 Å². The summed E-state index contributed by atoms with van der Waals surface area (Å²) in [5.74, 6) is -0.581. The van der Waals surface area contributed by atoms with Crippen LogP contribution in [0.3, 0.4) is 0 Å². The van der Waals surface area contributed by atoms with E-state index in [9.17, 15) is 4.79 Å². The Labute approximate surface area is 102 Å². The minimum atomic E-state index is -0.765. The third-order valence-corrected chi connectivity index (χ3v) is 3.67. The molecular weight excluding hydrogens is 214 g/mol. The summed E-state index contributed by atoms with van der Waals surface area (Å²) >= 11 is 0. The van der Waals surface area contributed by atoms with Crippen LogP contribution in [0.4, 0.5) is 0 Å². The number of nitrogens with zero attached hydrogens (tertiary/aromatic N) is 1. The first-order valence-corrected chi connectivity index (χ1v) is 6.09. The first kappa shape index (κ1) is 12.1. The van der Waals surface area contributed by atoms with Crippen LogP contribution in [0.15, 0.2) is 24.3 Å². The van der Waals surface area contributed by atoms with Crippen LogP contribution in [-0.4, -0.2) is 36.1 Å². The molecule has 2 atom stereocenters.